The van der Waals surface area contributed by atoms with Crippen LogP contribution in [0.3, 0.4) is 0 Å². The number of para-hydroxylation sites is 1. The average molecular weight is 547 g/mol. The van der Waals surface area contributed by atoms with Gasteiger partial charge in [-0.3, -0.25) is 14.4 Å². The minimum absolute atomic E-state index is 0.231. The molecule has 3 amide bonds. The van der Waals surface area contributed by atoms with E-state index >= 15 is 0 Å². The van der Waals surface area contributed by atoms with Crippen LogP contribution >= 0.6 is 0 Å². The number of allylic oxidation sites excluding steroid dienone is 2. The molecule has 2 aliphatic heterocycles. The molecule has 3 aliphatic rings. The van der Waals surface area contributed by atoms with Crippen molar-refractivity contribution in [2.24, 2.45) is 10.8 Å². The molecule has 0 unspecified atom stereocenters. The fourth-order valence-corrected chi connectivity index (χ4v) is 6.78. The van der Waals surface area contributed by atoms with Crippen molar-refractivity contribution < 1.29 is 24.3 Å². The zero-order valence-electron chi connectivity index (χ0n) is 23.2. The number of benzene rings is 3. The van der Waals surface area contributed by atoms with Crippen molar-refractivity contribution in [1.29, 1.82) is 0 Å². The summed E-state index contributed by atoms with van der Waals surface area (Å²) in [4.78, 5) is 54.6. The SMILES string of the molecule is CC1(C)C(c2ccc(C(=O)O)cc2)=CC[C@]2(C)CN(C(=O)c3ccccc3N3C(=O)c4ccccc4C3=O)CC=C12. The summed E-state index contributed by atoms with van der Waals surface area (Å²) < 4.78 is 0. The maximum atomic E-state index is 14.0. The number of aromatic carboxylic acids is 1. The van der Waals surface area contributed by atoms with Crippen LogP contribution in [-0.2, 0) is 0 Å². The summed E-state index contributed by atoms with van der Waals surface area (Å²) >= 11 is 0. The quantitative estimate of drug-likeness (QED) is 0.316. The first-order valence-electron chi connectivity index (χ1n) is 13.6. The molecule has 0 saturated heterocycles. The summed E-state index contributed by atoms with van der Waals surface area (Å²) in [5, 5.41) is 9.28. The van der Waals surface area contributed by atoms with E-state index < -0.39 is 17.8 Å². The summed E-state index contributed by atoms with van der Waals surface area (Å²) in [5.74, 6) is -2.04. The molecule has 7 nitrogen and oxygen atoms in total. The second-order valence-electron chi connectivity index (χ2n) is 11.7. The van der Waals surface area contributed by atoms with Gasteiger partial charge in [-0.25, -0.2) is 9.69 Å². The molecule has 7 heteroatoms. The lowest BCUT2D eigenvalue weighted by molar-refractivity contribution is 0.0679. The number of anilines is 1. The molecular formula is C34H30N2O5. The van der Waals surface area contributed by atoms with Crippen LogP contribution in [0.4, 0.5) is 5.69 Å². The highest BCUT2D eigenvalue weighted by Crippen LogP contribution is 2.55. The van der Waals surface area contributed by atoms with E-state index in [-0.39, 0.29) is 22.3 Å². The van der Waals surface area contributed by atoms with Crippen LogP contribution in [0.5, 0.6) is 0 Å². The standard InChI is InChI=1S/C34H30N2O5/c1-33(2)26(21-12-14-22(15-13-21)32(40)41)16-18-34(3)20-35(19-17-28(33)34)29(37)25-10-6-7-11-27(25)36-30(38)23-8-4-5-9-24(23)31(36)39/h4-17H,18-20H2,1-3H3,(H,40,41)/t34-/m1/s1. The van der Waals surface area contributed by atoms with Gasteiger partial charge in [-0.1, -0.05) is 74.9 Å². The van der Waals surface area contributed by atoms with E-state index in [0.29, 0.717) is 41.9 Å². The summed E-state index contributed by atoms with van der Waals surface area (Å²) in [6, 6.07) is 20.5. The van der Waals surface area contributed by atoms with E-state index in [1.807, 2.05) is 12.1 Å². The fraction of sp³-hybridized carbons (Fsp3) is 0.235. The second-order valence-corrected chi connectivity index (χ2v) is 11.7. The van der Waals surface area contributed by atoms with Crippen molar-refractivity contribution in [3.8, 4) is 0 Å². The van der Waals surface area contributed by atoms with Crippen molar-refractivity contribution in [1.82, 2.24) is 4.90 Å². The third kappa shape index (κ3) is 4.11. The Balaban J connectivity index is 1.29. The highest BCUT2D eigenvalue weighted by molar-refractivity contribution is 6.35. The molecule has 0 fully saturated rings. The Labute approximate surface area is 238 Å². The smallest absolute Gasteiger partial charge is 0.335 e. The number of rotatable bonds is 4. The van der Waals surface area contributed by atoms with Gasteiger partial charge in [-0.05, 0) is 54.0 Å². The molecular weight excluding hydrogens is 516 g/mol. The normalized spacial score (nSPS) is 21.1. The summed E-state index contributed by atoms with van der Waals surface area (Å²) in [5.41, 5.74) is 4.24. The first kappa shape index (κ1) is 26.4. The van der Waals surface area contributed by atoms with E-state index in [9.17, 15) is 24.3 Å². The number of nitrogens with zero attached hydrogens (tertiary/aromatic N) is 2. The molecule has 3 aromatic rings. The largest absolute Gasteiger partial charge is 0.478 e. The van der Waals surface area contributed by atoms with Crippen LogP contribution in [-0.4, -0.2) is 46.8 Å². The molecule has 0 radical (unpaired) electrons. The van der Waals surface area contributed by atoms with Gasteiger partial charge in [-0.2, -0.15) is 0 Å². The Kier molecular flexibility index (Phi) is 6.07. The van der Waals surface area contributed by atoms with Crippen molar-refractivity contribution in [2.45, 2.75) is 27.2 Å². The molecule has 1 N–H and O–H groups in total. The van der Waals surface area contributed by atoms with Gasteiger partial charge in [0.15, 0.2) is 0 Å². The first-order chi connectivity index (χ1) is 19.5. The molecule has 0 spiro atoms. The Morgan fingerprint density at radius 1 is 0.805 bits per heavy atom. The van der Waals surface area contributed by atoms with Crippen LogP contribution in [0, 0.1) is 10.8 Å². The predicted octanol–water partition coefficient (Wildman–Crippen LogP) is 6.09. The Hall–Kier alpha value is -4.78. The second kappa shape index (κ2) is 9.41. The van der Waals surface area contributed by atoms with E-state index in [4.69, 9.17) is 0 Å². The lowest BCUT2D eigenvalue weighted by atomic mass is 9.58. The van der Waals surface area contributed by atoms with Gasteiger partial charge in [-0.15, -0.1) is 0 Å². The molecule has 1 atom stereocenters. The molecule has 2 heterocycles. The molecule has 0 aromatic heterocycles. The van der Waals surface area contributed by atoms with Crippen LogP contribution < -0.4 is 4.90 Å². The van der Waals surface area contributed by atoms with Gasteiger partial charge in [0.1, 0.15) is 0 Å². The van der Waals surface area contributed by atoms with Crippen molar-refractivity contribution >= 4 is 35.0 Å². The van der Waals surface area contributed by atoms with Crippen LogP contribution in [0.2, 0.25) is 0 Å². The van der Waals surface area contributed by atoms with E-state index in [2.05, 4.69) is 32.9 Å². The van der Waals surface area contributed by atoms with Gasteiger partial charge < -0.3 is 10.0 Å². The third-order valence-corrected chi connectivity index (χ3v) is 8.71. The molecule has 6 rings (SSSR count). The van der Waals surface area contributed by atoms with E-state index in [1.165, 1.54) is 5.57 Å². The topological polar surface area (TPSA) is 95.0 Å². The number of hydrogen-bond donors (Lipinski definition) is 1. The lowest BCUT2D eigenvalue weighted by Crippen LogP contribution is -2.49. The molecule has 41 heavy (non-hydrogen) atoms. The van der Waals surface area contributed by atoms with Crippen LogP contribution in [0.15, 0.2) is 90.5 Å². The van der Waals surface area contributed by atoms with E-state index in [1.54, 1.807) is 65.6 Å². The molecule has 0 saturated carbocycles. The van der Waals surface area contributed by atoms with Crippen LogP contribution in [0.25, 0.3) is 5.57 Å². The third-order valence-electron chi connectivity index (χ3n) is 8.71. The number of carboxylic acid groups (broad SMARTS) is 1. The van der Waals surface area contributed by atoms with Gasteiger partial charge in [0, 0.05) is 23.9 Å². The Morgan fingerprint density at radius 2 is 1.41 bits per heavy atom. The number of carbonyl (C=O) groups excluding carboxylic acids is 3. The van der Waals surface area contributed by atoms with Crippen molar-refractivity contribution in [3.63, 3.8) is 0 Å². The monoisotopic (exact) mass is 546 g/mol. The van der Waals surface area contributed by atoms with Gasteiger partial charge in [0.25, 0.3) is 17.7 Å². The zero-order chi connectivity index (χ0) is 29.1. The summed E-state index contributed by atoms with van der Waals surface area (Å²) in [6.07, 6.45) is 5.04. The number of hydrogen-bond acceptors (Lipinski definition) is 4. The van der Waals surface area contributed by atoms with Crippen molar-refractivity contribution in [3.05, 3.63) is 118 Å². The molecule has 206 valence electrons. The number of fused-ring (bicyclic) bond motifs is 2. The zero-order valence-corrected chi connectivity index (χ0v) is 23.2. The van der Waals surface area contributed by atoms with Gasteiger partial charge >= 0.3 is 5.97 Å². The minimum atomic E-state index is -0.953. The lowest BCUT2D eigenvalue weighted by Gasteiger charge is -2.50. The number of amides is 3. The highest BCUT2D eigenvalue weighted by atomic mass is 16.4. The number of carbonyl (C=O) groups is 4. The maximum Gasteiger partial charge on any atom is 0.335 e. The molecule has 3 aromatic carbocycles. The summed E-state index contributed by atoms with van der Waals surface area (Å²) in [7, 11) is 0. The van der Waals surface area contributed by atoms with Crippen LogP contribution in [0.1, 0.15) is 74.2 Å². The molecule has 1 aliphatic carbocycles. The highest BCUT2D eigenvalue weighted by Gasteiger charge is 2.47. The number of imide groups is 1. The van der Waals surface area contributed by atoms with Gasteiger partial charge in [0.05, 0.1) is 27.9 Å². The maximum absolute atomic E-state index is 14.0. The first-order valence-corrected chi connectivity index (χ1v) is 13.6. The average Bonchev–Trinajstić information content (AvgIpc) is 3.21. The predicted molar refractivity (Wildman–Crippen MR) is 156 cm³/mol. The Bertz CT molecular complexity index is 1660. The van der Waals surface area contributed by atoms with Gasteiger partial charge in [0.2, 0.25) is 0 Å². The van der Waals surface area contributed by atoms with E-state index in [0.717, 1.165) is 16.0 Å². The molecule has 0 bridgehead atoms. The van der Waals surface area contributed by atoms with Crippen molar-refractivity contribution in [2.75, 3.05) is 18.0 Å². The minimum Gasteiger partial charge on any atom is -0.478 e. The fourth-order valence-electron chi connectivity index (χ4n) is 6.78. The Morgan fingerprint density at radius 3 is 2.05 bits per heavy atom. The summed E-state index contributed by atoms with van der Waals surface area (Å²) in [6.45, 7) is 7.38. The number of carboxylic acids is 1.